The summed E-state index contributed by atoms with van der Waals surface area (Å²) in [7, 11) is 0. The van der Waals surface area contributed by atoms with E-state index in [1.54, 1.807) is 12.1 Å². The number of rotatable bonds is 5. The molecule has 17 heavy (non-hydrogen) atoms. The lowest BCUT2D eigenvalue weighted by atomic mass is 10.1. The van der Waals surface area contributed by atoms with Crippen LogP contribution in [0.1, 0.15) is 19.8 Å². The molecule has 1 aromatic carbocycles. The molecular formula is C13H18FNO2. The van der Waals surface area contributed by atoms with Gasteiger partial charge >= 0.3 is 0 Å². The standard InChI is InChI=1S/C13H18FNO2/c1-2-3-13(16)15-8-12(9-15)17-11-6-4-10(14)5-7-11/h4-7,12-13,16H,2-3,8-9H2,1H3. The molecule has 0 saturated carbocycles. The highest BCUT2D eigenvalue weighted by Crippen LogP contribution is 2.20. The number of ether oxygens (including phenoxy) is 1. The van der Waals surface area contributed by atoms with E-state index in [0.717, 1.165) is 25.9 Å². The molecule has 1 atom stereocenters. The van der Waals surface area contributed by atoms with Crippen molar-refractivity contribution in [1.82, 2.24) is 4.90 Å². The average molecular weight is 239 g/mol. The van der Waals surface area contributed by atoms with Crippen molar-refractivity contribution in [3.8, 4) is 5.75 Å². The van der Waals surface area contributed by atoms with E-state index < -0.39 is 0 Å². The van der Waals surface area contributed by atoms with Crippen molar-refractivity contribution in [2.45, 2.75) is 32.1 Å². The third kappa shape index (κ3) is 3.17. The minimum atomic E-state index is -0.354. The van der Waals surface area contributed by atoms with Gasteiger partial charge in [-0.25, -0.2) is 4.39 Å². The molecule has 3 nitrogen and oxygen atoms in total. The lowest BCUT2D eigenvalue weighted by Crippen LogP contribution is -2.57. The van der Waals surface area contributed by atoms with Crippen molar-refractivity contribution in [2.24, 2.45) is 0 Å². The van der Waals surface area contributed by atoms with E-state index >= 15 is 0 Å². The number of likely N-dealkylation sites (tertiary alicyclic amines) is 1. The monoisotopic (exact) mass is 239 g/mol. The van der Waals surface area contributed by atoms with E-state index in [-0.39, 0.29) is 18.1 Å². The van der Waals surface area contributed by atoms with Gasteiger partial charge < -0.3 is 9.84 Å². The van der Waals surface area contributed by atoms with Crippen LogP contribution in [0.4, 0.5) is 4.39 Å². The van der Waals surface area contributed by atoms with Crippen LogP contribution in [0, 0.1) is 5.82 Å². The van der Waals surface area contributed by atoms with Crippen molar-refractivity contribution in [3.63, 3.8) is 0 Å². The van der Waals surface area contributed by atoms with Crippen molar-refractivity contribution in [1.29, 1.82) is 0 Å². The van der Waals surface area contributed by atoms with E-state index in [4.69, 9.17) is 4.74 Å². The van der Waals surface area contributed by atoms with Crippen LogP contribution in [0.3, 0.4) is 0 Å². The van der Waals surface area contributed by atoms with Gasteiger partial charge in [0.25, 0.3) is 0 Å². The summed E-state index contributed by atoms with van der Waals surface area (Å²) in [4.78, 5) is 1.98. The molecule has 1 heterocycles. The first-order valence-electron chi connectivity index (χ1n) is 6.03. The Bertz CT molecular complexity index is 349. The van der Waals surface area contributed by atoms with Gasteiger partial charge in [-0.15, -0.1) is 0 Å². The minimum Gasteiger partial charge on any atom is -0.488 e. The summed E-state index contributed by atoms with van der Waals surface area (Å²) in [5.74, 6) is 0.423. The first kappa shape index (κ1) is 12.3. The van der Waals surface area contributed by atoms with Gasteiger partial charge in [0.2, 0.25) is 0 Å². The molecule has 1 aromatic rings. The van der Waals surface area contributed by atoms with Crippen LogP contribution in [0.2, 0.25) is 0 Å². The Morgan fingerprint density at radius 1 is 1.41 bits per heavy atom. The fourth-order valence-electron chi connectivity index (χ4n) is 1.93. The normalized spacial score (nSPS) is 18.8. The molecule has 1 saturated heterocycles. The van der Waals surface area contributed by atoms with Gasteiger partial charge in [0.05, 0.1) is 0 Å². The van der Waals surface area contributed by atoms with Gasteiger partial charge in [-0.05, 0) is 30.7 Å². The Kier molecular flexibility index (Phi) is 3.97. The number of halogens is 1. The number of benzene rings is 1. The maximum absolute atomic E-state index is 12.7. The molecule has 1 aliphatic rings. The van der Waals surface area contributed by atoms with Gasteiger partial charge in [-0.3, -0.25) is 4.90 Å². The summed E-state index contributed by atoms with van der Waals surface area (Å²) in [6.07, 6.45) is 1.52. The predicted octanol–water partition coefficient (Wildman–Crippen LogP) is 2.01. The molecule has 4 heteroatoms. The van der Waals surface area contributed by atoms with E-state index in [1.165, 1.54) is 12.1 Å². The zero-order chi connectivity index (χ0) is 12.3. The van der Waals surface area contributed by atoms with Crippen LogP contribution >= 0.6 is 0 Å². The Morgan fingerprint density at radius 2 is 2.06 bits per heavy atom. The molecule has 1 aliphatic heterocycles. The highest BCUT2D eigenvalue weighted by molar-refractivity contribution is 5.22. The van der Waals surface area contributed by atoms with Crippen LogP contribution in [0.5, 0.6) is 5.75 Å². The molecular weight excluding hydrogens is 221 g/mol. The Hall–Kier alpha value is -1.13. The molecule has 1 fully saturated rings. The molecule has 1 N–H and O–H groups in total. The van der Waals surface area contributed by atoms with Crippen LogP contribution in [0.25, 0.3) is 0 Å². The highest BCUT2D eigenvalue weighted by Gasteiger charge is 2.32. The van der Waals surface area contributed by atoms with Gasteiger partial charge in [-0.1, -0.05) is 13.3 Å². The van der Waals surface area contributed by atoms with E-state index in [0.29, 0.717) is 5.75 Å². The minimum absolute atomic E-state index is 0.104. The third-order valence-electron chi connectivity index (χ3n) is 2.96. The first-order valence-corrected chi connectivity index (χ1v) is 6.03. The summed E-state index contributed by atoms with van der Waals surface area (Å²) in [6.45, 7) is 3.52. The lowest BCUT2D eigenvalue weighted by molar-refractivity contribution is -0.0928. The van der Waals surface area contributed by atoms with Crippen molar-refractivity contribution in [3.05, 3.63) is 30.1 Å². The summed E-state index contributed by atoms with van der Waals surface area (Å²) in [5, 5.41) is 9.71. The van der Waals surface area contributed by atoms with Gasteiger partial charge in [-0.2, -0.15) is 0 Å². The lowest BCUT2D eigenvalue weighted by Gasteiger charge is -2.41. The number of hydrogen-bond donors (Lipinski definition) is 1. The zero-order valence-electron chi connectivity index (χ0n) is 9.97. The van der Waals surface area contributed by atoms with Crippen LogP contribution in [-0.2, 0) is 0 Å². The largest absolute Gasteiger partial charge is 0.488 e. The molecule has 0 spiro atoms. The quantitative estimate of drug-likeness (QED) is 0.853. The Morgan fingerprint density at radius 3 is 2.65 bits per heavy atom. The molecule has 0 amide bonds. The maximum atomic E-state index is 12.7. The smallest absolute Gasteiger partial charge is 0.124 e. The van der Waals surface area contributed by atoms with Crippen LogP contribution in [-0.4, -0.2) is 35.4 Å². The number of aliphatic hydroxyl groups excluding tert-OH is 1. The highest BCUT2D eigenvalue weighted by atomic mass is 19.1. The molecule has 2 rings (SSSR count). The van der Waals surface area contributed by atoms with Gasteiger partial charge in [0.1, 0.15) is 23.9 Å². The second-order valence-corrected chi connectivity index (χ2v) is 4.42. The van der Waals surface area contributed by atoms with Crippen LogP contribution < -0.4 is 4.74 Å². The number of nitrogens with zero attached hydrogens (tertiary/aromatic N) is 1. The van der Waals surface area contributed by atoms with Crippen molar-refractivity contribution < 1.29 is 14.2 Å². The van der Waals surface area contributed by atoms with Gasteiger partial charge in [0, 0.05) is 13.1 Å². The Labute approximate surface area is 101 Å². The maximum Gasteiger partial charge on any atom is 0.124 e. The summed E-state index contributed by atoms with van der Waals surface area (Å²) >= 11 is 0. The predicted molar refractivity (Wildman–Crippen MR) is 63.3 cm³/mol. The first-order chi connectivity index (χ1) is 8.19. The number of hydrogen-bond acceptors (Lipinski definition) is 3. The Balaban J connectivity index is 1.75. The summed E-state index contributed by atoms with van der Waals surface area (Å²) < 4.78 is 18.3. The number of aliphatic hydroxyl groups is 1. The van der Waals surface area contributed by atoms with E-state index in [1.807, 2.05) is 4.90 Å². The molecule has 0 bridgehead atoms. The molecule has 0 aromatic heterocycles. The van der Waals surface area contributed by atoms with E-state index in [2.05, 4.69) is 6.92 Å². The summed E-state index contributed by atoms with van der Waals surface area (Å²) in [6, 6.07) is 6.02. The average Bonchev–Trinajstić information content (AvgIpc) is 2.25. The molecule has 94 valence electrons. The zero-order valence-corrected chi connectivity index (χ0v) is 9.97. The SMILES string of the molecule is CCCC(O)N1CC(Oc2ccc(F)cc2)C1. The topological polar surface area (TPSA) is 32.7 Å². The van der Waals surface area contributed by atoms with Crippen molar-refractivity contribution >= 4 is 0 Å². The third-order valence-corrected chi connectivity index (χ3v) is 2.96. The fraction of sp³-hybridized carbons (Fsp3) is 0.538. The fourth-order valence-corrected chi connectivity index (χ4v) is 1.93. The second kappa shape index (κ2) is 5.47. The van der Waals surface area contributed by atoms with Crippen molar-refractivity contribution in [2.75, 3.05) is 13.1 Å². The second-order valence-electron chi connectivity index (χ2n) is 4.42. The van der Waals surface area contributed by atoms with E-state index in [9.17, 15) is 9.50 Å². The molecule has 1 unspecified atom stereocenters. The van der Waals surface area contributed by atoms with Crippen LogP contribution in [0.15, 0.2) is 24.3 Å². The molecule has 0 aliphatic carbocycles. The molecule has 0 radical (unpaired) electrons. The summed E-state index contributed by atoms with van der Waals surface area (Å²) in [5.41, 5.74) is 0. The van der Waals surface area contributed by atoms with Gasteiger partial charge in [0.15, 0.2) is 0 Å².